The molecule has 8 heteroatoms. The van der Waals surface area contributed by atoms with Crippen molar-refractivity contribution in [3.05, 3.63) is 65.0 Å². The largest absolute Gasteiger partial charge is 0.492 e. The molecule has 0 aliphatic carbocycles. The number of hydrogen-bond donors (Lipinski definition) is 1. The van der Waals surface area contributed by atoms with Crippen LogP contribution >= 0.6 is 23.1 Å². The molecule has 1 aliphatic heterocycles. The summed E-state index contributed by atoms with van der Waals surface area (Å²) in [5.41, 5.74) is 3.14. The molecule has 4 rings (SSSR count). The monoisotopic (exact) mass is 453 g/mol. The summed E-state index contributed by atoms with van der Waals surface area (Å²) in [4.78, 5) is 31.1. The molecule has 160 valence electrons. The van der Waals surface area contributed by atoms with Gasteiger partial charge in [0.05, 0.1) is 12.2 Å². The maximum absolute atomic E-state index is 11.7. The van der Waals surface area contributed by atoms with Gasteiger partial charge in [-0.3, -0.25) is 9.59 Å². The number of benzene rings is 2. The molecule has 1 aliphatic rings. The van der Waals surface area contributed by atoms with E-state index in [9.17, 15) is 9.59 Å². The molecule has 0 bridgehead atoms. The Balaban J connectivity index is 1.28. The Kier molecular flexibility index (Phi) is 6.58. The zero-order valence-electron chi connectivity index (χ0n) is 17.3. The number of rotatable bonds is 8. The lowest BCUT2D eigenvalue weighted by Crippen LogP contribution is -2.30. The number of likely N-dealkylation sites (N-methyl/N-ethyl adjacent to an activating group) is 1. The van der Waals surface area contributed by atoms with Gasteiger partial charge in [0.2, 0.25) is 5.12 Å². The van der Waals surface area contributed by atoms with Gasteiger partial charge >= 0.3 is 0 Å². The van der Waals surface area contributed by atoms with Crippen molar-refractivity contribution in [1.29, 1.82) is 0 Å². The molecule has 1 fully saturated rings. The quantitative estimate of drug-likeness (QED) is 0.540. The van der Waals surface area contributed by atoms with Crippen LogP contribution in [0.3, 0.4) is 0 Å². The zero-order valence-corrected chi connectivity index (χ0v) is 19.0. The van der Waals surface area contributed by atoms with Crippen LogP contribution < -0.4 is 15.0 Å². The molecule has 1 saturated heterocycles. The summed E-state index contributed by atoms with van der Waals surface area (Å²) in [7, 11) is 2.02. The number of carbonyl (C=O) groups excluding carboxylic acids is 2. The van der Waals surface area contributed by atoms with Gasteiger partial charge in [-0.15, -0.1) is 11.3 Å². The Labute approximate surface area is 189 Å². The van der Waals surface area contributed by atoms with Crippen LogP contribution in [-0.4, -0.2) is 41.6 Å². The highest BCUT2D eigenvalue weighted by Crippen LogP contribution is 2.31. The standard InChI is InChI=1S/C23H23N3O3S2/c1-15-20(17-6-4-3-5-7-17)25-22(30-15)26(2)12-13-29-18-10-8-16(9-11-18)14-19-21(27)31-23(28)24-19/h3-11,19H,12-14H2,1-2H3,(H,24,28). The summed E-state index contributed by atoms with van der Waals surface area (Å²) in [6.45, 7) is 3.34. The Morgan fingerprint density at radius 2 is 1.84 bits per heavy atom. The number of nitrogens with zero attached hydrogens (tertiary/aromatic N) is 2. The Morgan fingerprint density at radius 3 is 2.52 bits per heavy atom. The van der Waals surface area contributed by atoms with E-state index in [1.54, 1.807) is 11.3 Å². The molecule has 1 unspecified atom stereocenters. The second-order valence-corrected chi connectivity index (χ2v) is 9.45. The number of ether oxygens (including phenoxy) is 1. The number of carbonyl (C=O) groups is 2. The lowest BCUT2D eigenvalue weighted by atomic mass is 10.1. The molecule has 2 aromatic carbocycles. The fraction of sp³-hybridized carbons (Fsp3) is 0.261. The predicted molar refractivity (Wildman–Crippen MR) is 126 cm³/mol. The molecule has 6 nitrogen and oxygen atoms in total. The molecule has 31 heavy (non-hydrogen) atoms. The second-order valence-electron chi connectivity index (χ2n) is 7.29. The van der Waals surface area contributed by atoms with Gasteiger partial charge in [-0.05, 0) is 24.6 Å². The van der Waals surface area contributed by atoms with Crippen LogP contribution in [0.25, 0.3) is 11.3 Å². The highest BCUT2D eigenvalue weighted by molar-refractivity contribution is 8.26. The van der Waals surface area contributed by atoms with E-state index in [0.717, 1.165) is 39.5 Å². The van der Waals surface area contributed by atoms with Gasteiger partial charge in [0, 0.05) is 35.7 Å². The van der Waals surface area contributed by atoms with E-state index in [0.29, 0.717) is 19.6 Å². The number of nitrogens with one attached hydrogen (secondary N) is 1. The smallest absolute Gasteiger partial charge is 0.287 e. The minimum absolute atomic E-state index is 0.124. The van der Waals surface area contributed by atoms with E-state index in [1.807, 2.05) is 49.5 Å². The van der Waals surface area contributed by atoms with Crippen LogP contribution in [0.4, 0.5) is 9.93 Å². The van der Waals surface area contributed by atoms with Gasteiger partial charge in [-0.1, -0.05) is 42.5 Å². The molecule has 1 aromatic heterocycles. The van der Waals surface area contributed by atoms with Crippen LogP contribution in [0.15, 0.2) is 54.6 Å². The first-order valence-corrected chi connectivity index (χ1v) is 11.6. The summed E-state index contributed by atoms with van der Waals surface area (Å²) >= 11 is 2.42. The summed E-state index contributed by atoms with van der Waals surface area (Å²) < 4.78 is 5.88. The maximum atomic E-state index is 11.7. The number of aromatic nitrogens is 1. The number of hydrogen-bond acceptors (Lipinski definition) is 7. The van der Waals surface area contributed by atoms with E-state index in [1.165, 1.54) is 4.88 Å². The second kappa shape index (κ2) is 9.53. The third-order valence-electron chi connectivity index (χ3n) is 4.99. The van der Waals surface area contributed by atoms with E-state index < -0.39 is 6.04 Å². The first-order chi connectivity index (χ1) is 15.0. The lowest BCUT2D eigenvalue weighted by Gasteiger charge is -2.16. The van der Waals surface area contributed by atoms with Crippen LogP contribution in [0.1, 0.15) is 10.4 Å². The van der Waals surface area contributed by atoms with E-state index >= 15 is 0 Å². The SMILES string of the molecule is Cc1sc(N(C)CCOc2ccc(CC3NC(=O)SC3=O)cc2)nc1-c1ccccc1. The van der Waals surface area contributed by atoms with Crippen LogP contribution in [0.5, 0.6) is 5.75 Å². The summed E-state index contributed by atoms with van der Waals surface area (Å²) in [5.74, 6) is 0.772. The molecule has 2 heterocycles. The minimum atomic E-state index is -0.444. The van der Waals surface area contributed by atoms with E-state index in [2.05, 4.69) is 29.3 Å². The number of amides is 1. The van der Waals surface area contributed by atoms with Gasteiger partial charge in [0.15, 0.2) is 5.13 Å². The molecule has 1 atom stereocenters. The highest BCUT2D eigenvalue weighted by atomic mass is 32.2. The van der Waals surface area contributed by atoms with Gasteiger partial charge in [0.25, 0.3) is 5.24 Å². The number of thiazole rings is 1. The molecule has 1 N–H and O–H groups in total. The van der Waals surface area contributed by atoms with Crippen molar-refractivity contribution < 1.29 is 14.3 Å². The Bertz CT molecular complexity index is 1070. The molecule has 0 saturated carbocycles. The molecular weight excluding hydrogens is 430 g/mol. The number of anilines is 1. The van der Waals surface area contributed by atoms with Gasteiger partial charge in [0.1, 0.15) is 18.4 Å². The van der Waals surface area contributed by atoms with Crippen molar-refractivity contribution in [1.82, 2.24) is 10.3 Å². The van der Waals surface area contributed by atoms with E-state index in [4.69, 9.17) is 9.72 Å². The first-order valence-electron chi connectivity index (χ1n) is 9.97. The molecule has 0 radical (unpaired) electrons. The fourth-order valence-electron chi connectivity index (χ4n) is 3.29. The van der Waals surface area contributed by atoms with Crippen LogP contribution in [0.2, 0.25) is 0 Å². The van der Waals surface area contributed by atoms with Crippen molar-refractivity contribution >= 4 is 38.6 Å². The number of aryl methyl sites for hydroxylation is 1. The van der Waals surface area contributed by atoms with Crippen LogP contribution in [-0.2, 0) is 11.2 Å². The normalized spacial score (nSPS) is 15.7. The summed E-state index contributed by atoms with van der Waals surface area (Å²) in [5, 5.41) is 3.25. The number of thioether (sulfide) groups is 1. The molecular formula is C23H23N3O3S2. The van der Waals surface area contributed by atoms with Gasteiger partial charge in [-0.2, -0.15) is 0 Å². The van der Waals surface area contributed by atoms with Crippen molar-refractivity contribution in [2.24, 2.45) is 0 Å². The third kappa shape index (κ3) is 5.26. The third-order valence-corrected chi connectivity index (χ3v) is 6.86. The zero-order chi connectivity index (χ0) is 21.8. The topological polar surface area (TPSA) is 71.5 Å². The Hall–Kier alpha value is -2.84. The molecule has 0 spiro atoms. The first kappa shape index (κ1) is 21.4. The molecule has 1 amide bonds. The average Bonchev–Trinajstić information content (AvgIpc) is 3.31. The Morgan fingerprint density at radius 1 is 1.10 bits per heavy atom. The predicted octanol–water partition coefficient (Wildman–Crippen LogP) is 4.53. The molecule has 3 aromatic rings. The van der Waals surface area contributed by atoms with Crippen molar-refractivity contribution in [3.8, 4) is 17.0 Å². The minimum Gasteiger partial charge on any atom is -0.492 e. The van der Waals surface area contributed by atoms with Gasteiger partial charge < -0.3 is 15.0 Å². The van der Waals surface area contributed by atoms with Gasteiger partial charge in [-0.25, -0.2) is 4.98 Å². The fourth-order valence-corrected chi connectivity index (χ4v) is 4.88. The van der Waals surface area contributed by atoms with Crippen molar-refractivity contribution in [2.45, 2.75) is 19.4 Å². The summed E-state index contributed by atoms with van der Waals surface area (Å²) in [6.07, 6.45) is 0.494. The van der Waals surface area contributed by atoms with Crippen molar-refractivity contribution in [3.63, 3.8) is 0 Å². The van der Waals surface area contributed by atoms with Crippen molar-refractivity contribution in [2.75, 3.05) is 25.1 Å². The average molecular weight is 454 g/mol. The summed E-state index contributed by atoms with van der Waals surface area (Å²) in [6, 6.07) is 17.4. The van der Waals surface area contributed by atoms with Crippen LogP contribution in [0, 0.1) is 6.92 Å². The van der Waals surface area contributed by atoms with E-state index in [-0.39, 0.29) is 10.4 Å². The lowest BCUT2D eigenvalue weighted by molar-refractivity contribution is -0.112. The highest BCUT2D eigenvalue weighted by Gasteiger charge is 2.31. The maximum Gasteiger partial charge on any atom is 0.287 e.